The standard InChI is InChI=1S/C5H7N3O2/c6-1-3-2-7-5(10)8-4(3)9/h2-3H,1,6H2,(H,8,9,10). The van der Waals surface area contributed by atoms with Crippen molar-refractivity contribution in [2.45, 2.75) is 0 Å². The molecule has 0 saturated heterocycles. The van der Waals surface area contributed by atoms with Gasteiger partial charge in [0.15, 0.2) is 0 Å². The van der Waals surface area contributed by atoms with Gasteiger partial charge in [0.2, 0.25) is 5.91 Å². The van der Waals surface area contributed by atoms with Crippen molar-refractivity contribution >= 4 is 18.2 Å². The van der Waals surface area contributed by atoms with E-state index >= 15 is 0 Å². The number of imide groups is 1. The molecule has 1 rings (SSSR count). The van der Waals surface area contributed by atoms with Crippen LogP contribution in [-0.2, 0) is 4.79 Å². The van der Waals surface area contributed by atoms with Gasteiger partial charge >= 0.3 is 6.03 Å². The molecular weight excluding hydrogens is 134 g/mol. The maximum atomic E-state index is 10.7. The first-order valence-corrected chi connectivity index (χ1v) is 2.83. The molecule has 5 nitrogen and oxygen atoms in total. The predicted octanol–water partition coefficient (Wildman–Crippen LogP) is -1.12. The number of hydrogen-bond donors (Lipinski definition) is 2. The molecule has 1 atom stereocenters. The molecule has 0 aromatic rings. The molecule has 0 radical (unpaired) electrons. The van der Waals surface area contributed by atoms with E-state index in [0.29, 0.717) is 0 Å². The highest BCUT2D eigenvalue weighted by Gasteiger charge is 2.20. The second-order valence-electron chi connectivity index (χ2n) is 1.91. The van der Waals surface area contributed by atoms with Crippen LogP contribution in [0.5, 0.6) is 0 Å². The largest absolute Gasteiger partial charge is 0.347 e. The van der Waals surface area contributed by atoms with Crippen LogP contribution in [0.4, 0.5) is 4.79 Å². The van der Waals surface area contributed by atoms with Gasteiger partial charge in [-0.2, -0.15) is 0 Å². The summed E-state index contributed by atoms with van der Waals surface area (Å²) in [4.78, 5) is 24.5. The fraction of sp³-hybridized carbons (Fsp3) is 0.400. The molecule has 1 aliphatic rings. The minimum Gasteiger partial charge on any atom is -0.329 e. The Hall–Kier alpha value is -1.23. The summed E-state index contributed by atoms with van der Waals surface area (Å²) in [5.41, 5.74) is 5.18. The third-order valence-corrected chi connectivity index (χ3v) is 1.19. The third-order valence-electron chi connectivity index (χ3n) is 1.19. The molecule has 54 valence electrons. The topological polar surface area (TPSA) is 84.5 Å². The molecule has 0 aromatic heterocycles. The molecule has 0 bridgehead atoms. The zero-order valence-electron chi connectivity index (χ0n) is 5.20. The Kier molecular flexibility index (Phi) is 1.77. The second kappa shape index (κ2) is 2.57. The van der Waals surface area contributed by atoms with Crippen LogP contribution in [0.15, 0.2) is 4.99 Å². The van der Waals surface area contributed by atoms with Crippen molar-refractivity contribution in [2.75, 3.05) is 6.54 Å². The van der Waals surface area contributed by atoms with Crippen molar-refractivity contribution < 1.29 is 9.59 Å². The summed E-state index contributed by atoms with van der Waals surface area (Å²) in [6.45, 7) is 0.183. The Morgan fingerprint density at radius 2 is 2.40 bits per heavy atom. The fourth-order valence-electron chi connectivity index (χ4n) is 0.624. The van der Waals surface area contributed by atoms with E-state index < -0.39 is 11.9 Å². The number of nitrogens with one attached hydrogen (secondary N) is 1. The van der Waals surface area contributed by atoms with Gasteiger partial charge in [-0.05, 0) is 0 Å². The first-order chi connectivity index (χ1) is 4.74. The molecule has 0 fully saturated rings. The van der Waals surface area contributed by atoms with Crippen LogP contribution in [0, 0.1) is 5.92 Å². The highest BCUT2D eigenvalue weighted by molar-refractivity contribution is 6.09. The number of nitrogens with two attached hydrogens (primary N) is 1. The molecule has 1 unspecified atom stereocenters. The Labute approximate surface area is 57.3 Å². The number of urea groups is 1. The summed E-state index contributed by atoms with van der Waals surface area (Å²) >= 11 is 0. The zero-order valence-corrected chi connectivity index (χ0v) is 5.20. The van der Waals surface area contributed by atoms with E-state index in [2.05, 4.69) is 4.99 Å². The van der Waals surface area contributed by atoms with E-state index in [-0.39, 0.29) is 12.5 Å². The Balaban J connectivity index is 2.71. The number of rotatable bonds is 1. The van der Waals surface area contributed by atoms with E-state index in [1.54, 1.807) is 0 Å². The molecule has 1 aliphatic heterocycles. The van der Waals surface area contributed by atoms with Gasteiger partial charge in [-0.15, -0.1) is 0 Å². The van der Waals surface area contributed by atoms with Crippen molar-refractivity contribution in [1.29, 1.82) is 0 Å². The first-order valence-electron chi connectivity index (χ1n) is 2.83. The fourth-order valence-corrected chi connectivity index (χ4v) is 0.624. The molecule has 0 aromatic carbocycles. The summed E-state index contributed by atoms with van der Waals surface area (Å²) in [7, 11) is 0. The van der Waals surface area contributed by atoms with Crippen LogP contribution in [0.25, 0.3) is 0 Å². The lowest BCUT2D eigenvalue weighted by atomic mass is 10.1. The van der Waals surface area contributed by atoms with E-state index in [9.17, 15) is 9.59 Å². The van der Waals surface area contributed by atoms with Crippen LogP contribution in [0.3, 0.4) is 0 Å². The summed E-state index contributed by atoms with van der Waals surface area (Å²) in [5, 5.41) is 2.02. The number of hydrogen-bond acceptors (Lipinski definition) is 3. The van der Waals surface area contributed by atoms with Crippen molar-refractivity contribution in [3.05, 3.63) is 0 Å². The summed E-state index contributed by atoms with van der Waals surface area (Å²) < 4.78 is 0. The van der Waals surface area contributed by atoms with Gasteiger partial charge in [-0.25, -0.2) is 9.79 Å². The van der Waals surface area contributed by atoms with Crippen LogP contribution in [0.2, 0.25) is 0 Å². The molecule has 1 heterocycles. The number of carbonyl (C=O) groups excluding carboxylic acids is 2. The third kappa shape index (κ3) is 1.19. The van der Waals surface area contributed by atoms with Crippen LogP contribution in [-0.4, -0.2) is 24.7 Å². The van der Waals surface area contributed by atoms with E-state index in [1.165, 1.54) is 6.21 Å². The molecule has 3 N–H and O–H groups in total. The highest BCUT2D eigenvalue weighted by atomic mass is 16.2. The average molecular weight is 141 g/mol. The van der Waals surface area contributed by atoms with E-state index in [4.69, 9.17) is 5.73 Å². The first kappa shape index (κ1) is 6.88. The Morgan fingerprint density at radius 1 is 1.70 bits per heavy atom. The summed E-state index contributed by atoms with van der Waals surface area (Å²) in [5.74, 6) is -0.819. The lowest BCUT2D eigenvalue weighted by Gasteiger charge is -2.11. The summed E-state index contributed by atoms with van der Waals surface area (Å²) in [6, 6.07) is -0.616. The highest BCUT2D eigenvalue weighted by Crippen LogP contribution is 1.95. The quantitative estimate of drug-likeness (QED) is 0.485. The van der Waals surface area contributed by atoms with Gasteiger partial charge in [0.25, 0.3) is 0 Å². The Morgan fingerprint density at radius 3 is 2.90 bits per heavy atom. The smallest absolute Gasteiger partial charge is 0.329 e. The number of carbonyl (C=O) groups is 2. The lowest BCUT2D eigenvalue weighted by Crippen LogP contribution is -2.41. The number of aliphatic imine (C=N–C) groups is 1. The molecular formula is C5H7N3O2. The monoisotopic (exact) mass is 141 g/mol. The normalized spacial score (nSPS) is 24.7. The van der Waals surface area contributed by atoms with Crippen molar-refractivity contribution in [3.63, 3.8) is 0 Å². The lowest BCUT2D eigenvalue weighted by molar-refractivity contribution is -0.121. The van der Waals surface area contributed by atoms with Crippen molar-refractivity contribution in [3.8, 4) is 0 Å². The van der Waals surface area contributed by atoms with Crippen molar-refractivity contribution in [1.82, 2.24) is 5.32 Å². The van der Waals surface area contributed by atoms with Crippen LogP contribution in [0.1, 0.15) is 0 Å². The Bertz CT molecular complexity index is 199. The predicted molar refractivity (Wildman–Crippen MR) is 34.6 cm³/mol. The van der Waals surface area contributed by atoms with Crippen LogP contribution >= 0.6 is 0 Å². The van der Waals surface area contributed by atoms with E-state index in [0.717, 1.165) is 0 Å². The number of amides is 3. The van der Waals surface area contributed by atoms with Crippen molar-refractivity contribution in [2.24, 2.45) is 16.6 Å². The molecule has 5 heteroatoms. The molecule has 0 aliphatic carbocycles. The molecule has 0 spiro atoms. The maximum Gasteiger partial charge on any atom is 0.347 e. The number of nitrogens with zero attached hydrogens (tertiary/aromatic N) is 1. The SMILES string of the molecule is NCC1C=NC(=O)NC1=O. The average Bonchev–Trinajstić information content (AvgIpc) is 1.88. The van der Waals surface area contributed by atoms with Gasteiger partial charge in [0, 0.05) is 12.8 Å². The zero-order chi connectivity index (χ0) is 7.56. The minimum absolute atomic E-state index is 0.183. The maximum absolute atomic E-state index is 10.7. The van der Waals surface area contributed by atoms with Gasteiger partial charge in [0.1, 0.15) is 0 Å². The summed E-state index contributed by atoms with van der Waals surface area (Å²) in [6.07, 6.45) is 1.27. The van der Waals surface area contributed by atoms with E-state index in [1.807, 2.05) is 5.32 Å². The van der Waals surface area contributed by atoms with Gasteiger partial charge in [-0.1, -0.05) is 0 Å². The van der Waals surface area contributed by atoms with Gasteiger partial charge in [-0.3, -0.25) is 10.1 Å². The van der Waals surface area contributed by atoms with Gasteiger partial charge in [0.05, 0.1) is 5.92 Å². The molecule has 0 saturated carbocycles. The minimum atomic E-state index is -0.616. The van der Waals surface area contributed by atoms with Gasteiger partial charge < -0.3 is 5.73 Å². The molecule has 3 amide bonds. The van der Waals surface area contributed by atoms with Crippen LogP contribution < -0.4 is 11.1 Å². The molecule has 10 heavy (non-hydrogen) atoms. The second-order valence-corrected chi connectivity index (χ2v) is 1.91.